The Labute approximate surface area is 120 Å². The van der Waals surface area contributed by atoms with E-state index in [1.165, 1.54) is 0 Å². The summed E-state index contributed by atoms with van der Waals surface area (Å²) in [6.07, 6.45) is 0. The Morgan fingerprint density at radius 3 is 2.45 bits per heavy atom. The van der Waals surface area contributed by atoms with Crippen LogP contribution in [0.1, 0.15) is 20.8 Å². The average Bonchev–Trinajstić information content (AvgIpc) is 2.41. The second-order valence-corrected chi connectivity index (χ2v) is 6.32. The van der Waals surface area contributed by atoms with Crippen molar-refractivity contribution in [1.29, 1.82) is 0 Å². The normalized spacial score (nSPS) is 12.8. The Hall–Kier alpha value is -1.47. The van der Waals surface area contributed by atoms with E-state index in [1.54, 1.807) is 25.1 Å². The van der Waals surface area contributed by atoms with Crippen molar-refractivity contribution in [3.8, 4) is 11.5 Å². The molecule has 6 nitrogen and oxygen atoms in total. The number of nitrogens with two attached hydrogens (primary N) is 1. The van der Waals surface area contributed by atoms with E-state index in [9.17, 15) is 8.42 Å². The Kier molecular flexibility index (Phi) is 6.09. The molecule has 0 aliphatic carbocycles. The summed E-state index contributed by atoms with van der Waals surface area (Å²) in [5.41, 5.74) is 5.77. The van der Waals surface area contributed by atoms with Crippen LogP contribution in [0.2, 0.25) is 0 Å². The molecule has 20 heavy (non-hydrogen) atoms. The van der Waals surface area contributed by atoms with Crippen molar-refractivity contribution in [3.05, 3.63) is 18.2 Å². The second kappa shape index (κ2) is 7.35. The SMILES string of the molecule is CCOc1ccc(OCC)c(NS(=O)(=O)C(C)CN)c1. The third-order valence-corrected chi connectivity index (χ3v) is 4.43. The Bertz CT molecular complexity index is 531. The van der Waals surface area contributed by atoms with Gasteiger partial charge in [-0.1, -0.05) is 0 Å². The van der Waals surface area contributed by atoms with Gasteiger partial charge in [0.25, 0.3) is 0 Å². The number of rotatable bonds is 8. The lowest BCUT2D eigenvalue weighted by Gasteiger charge is -2.17. The maximum Gasteiger partial charge on any atom is 0.236 e. The Morgan fingerprint density at radius 1 is 1.25 bits per heavy atom. The van der Waals surface area contributed by atoms with Crippen LogP contribution in [0.4, 0.5) is 5.69 Å². The summed E-state index contributed by atoms with van der Waals surface area (Å²) in [4.78, 5) is 0. The molecule has 0 fully saturated rings. The first kappa shape index (κ1) is 16.6. The van der Waals surface area contributed by atoms with Crippen molar-refractivity contribution in [1.82, 2.24) is 0 Å². The fourth-order valence-electron chi connectivity index (χ4n) is 1.51. The standard InChI is InChI=1S/C13H22N2O4S/c1-4-18-11-6-7-13(19-5-2)12(8-11)15-20(16,17)10(3)9-14/h6-8,10,15H,4-5,9,14H2,1-3H3. The molecule has 0 spiro atoms. The molecule has 0 radical (unpaired) electrons. The minimum atomic E-state index is -3.55. The first-order valence-electron chi connectivity index (χ1n) is 6.55. The van der Waals surface area contributed by atoms with E-state index in [-0.39, 0.29) is 6.54 Å². The van der Waals surface area contributed by atoms with Crippen LogP contribution >= 0.6 is 0 Å². The second-order valence-electron chi connectivity index (χ2n) is 4.22. The van der Waals surface area contributed by atoms with Gasteiger partial charge < -0.3 is 15.2 Å². The van der Waals surface area contributed by atoms with E-state index < -0.39 is 15.3 Å². The lowest BCUT2D eigenvalue weighted by atomic mass is 10.3. The molecule has 0 heterocycles. The molecular weight excluding hydrogens is 280 g/mol. The molecule has 1 rings (SSSR count). The molecule has 3 N–H and O–H groups in total. The van der Waals surface area contributed by atoms with Crippen LogP contribution in [0, 0.1) is 0 Å². The topological polar surface area (TPSA) is 90.6 Å². The van der Waals surface area contributed by atoms with E-state index in [2.05, 4.69) is 4.72 Å². The summed E-state index contributed by atoms with van der Waals surface area (Å²) in [5.74, 6) is 1.04. The van der Waals surface area contributed by atoms with Crippen LogP contribution in [0.3, 0.4) is 0 Å². The van der Waals surface area contributed by atoms with Crippen molar-refractivity contribution in [2.75, 3.05) is 24.5 Å². The van der Waals surface area contributed by atoms with Crippen molar-refractivity contribution in [3.63, 3.8) is 0 Å². The monoisotopic (exact) mass is 302 g/mol. The van der Waals surface area contributed by atoms with E-state index in [1.807, 2.05) is 13.8 Å². The zero-order chi connectivity index (χ0) is 15.2. The maximum absolute atomic E-state index is 12.1. The van der Waals surface area contributed by atoms with Gasteiger partial charge in [0.05, 0.1) is 24.2 Å². The number of anilines is 1. The predicted molar refractivity (Wildman–Crippen MR) is 79.8 cm³/mol. The van der Waals surface area contributed by atoms with Gasteiger partial charge in [0.15, 0.2) is 0 Å². The van der Waals surface area contributed by atoms with Gasteiger partial charge in [0.2, 0.25) is 10.0 Å². The highest BCUT2D eigenvalue weighted by atomic mass is 32.2. The molecule has 0 aliphatic rings. The number of sulfonamides is 1. The van der Waals surface area contributed by atoms with Gasteiger partial charge in [0, 0.05) is 12.6 Å². The quantitative estimate of drug-likeness (QED) is 0.760. The first-order chi connectivity index (χ1) is 9.44. The highest BCUT2D eigenvalue weighted by molar-refractivity contribution is 7.93. The van der Waals surface area contributed by atoms with E-state index in [0.29, 0.717) is 30.4 Å². The average molecular weight is 302 g/mol. The molecule has 1 aromatic carbocycles. The molecule has 1 unspecified atom stereocenters. The van der Waals surface area contributed by atoms with Crippen LogP contribution in [0.5, 0.6) is 11.5 Å². The van der Waals surface area contributed by atoms with Gasteiger partial charge in [-0.2, -0.15) is 0 Å². The van der Waals surface area contributed by atoms with Crippen molar-refractivity contribution in [2.45, 2.75) is 26.0 Å². The van der Waals surface area contributed by atoms with Gasteiger partial charge in [-0.3, -0.25) is 4.72 Å². The molecular formula is C13H22N2O4S. The molecule has 0 bridgehead atoms. The highest BCUT2D eigenvalue weighted by Crippen LogP contribution is 2.30. The summed E-state index contributed by atoms with van der Waals surface area (Å²) in [6, 6.07) is 5.02. The van der Waals surface area contributed by atoms with E-state index in [4.69, 9.17) is 15.2 Å². The molecule has 114 valence electrons. The van der Waals surface area contributed by atoms with Crippen LogP contribution in [-0.4, -0.2) is 33.4 Å². The number of nitrogens with one attached hydrogen (secondary N) is 1. The highest BCUT2D eigenvalue weighted by Gasteiger charge is 2.21. The van der Waals surface area contributed by atoms with Gasteiger partial charge in [-0.25, -0.2) is 8.42 Å². The lowest BCUT2D eigenvalue weighted by Crippen LogP contribution is -2.31. The Balaban J connectivity index is 3.09. The van der Waals surface area contributed by atoms with Crippen LogP contribution in [-0.2, 0) is 10.0 Å². The minimum Gasteiger partial charge on any atom is -0.494 e. The third kappa shape index (κ3) is 4.28. The molecule has 0 amide bonds. The Morgan fingerprint density at radius 2 is 1.90 bits per heavy atom. The van der Waals surface area contributed by atoms with Crippen LogP contribution < -0.4 is 19.9 Å². The third-order valence-electron chi connectivity index (χ3n) is 2.68. The maximum atomic E-state index is 12.1. The van der Waals surface area contributed by atoms with Gasteiger partial charge >= 0.3 is 0 Å². The molecule has 1 aromatic rings. The van der Waals surface area contributed by atoms with Crippen LogP contribution in [0.15, 0.2) is 18.2 Å². The minimum absolute atomic E-state index is 0.0461. The zero-order valence-electron chi connectivity index (χ0n) is 12.0. The number of hydrogen-bond acceptors (Lipinski definition) is 5. The molecule has 1 atom stereocenters. The fourth-order valence-corrected chi connectivity index (χ4v) is 2.43. The van der Waals surface area contributed by atoms with Crippen molar-refractivity contribution >= 4 is 15.7 Å². The zero-order valence-corrected chi connectivity index (χ0v) is 12.9. The van der Waals surface area contributed by atoms with Crippen molar-refractivity contribution in [2.24, 2.45) is 5.73 Å². The number of ether oxygens (including phenoxy) is 2. The molecule has 0 saturated heterocycles. The smallest absolute Gasteiger partial charge is 0.236 e. The summed E-state index contributed by atoms with van der Waals surface area (Å²) in [7, 11) is -3.55. The van der Waals surface area contributed by atoms with Gasteiger partial charge in [-0.15, -0.1) is 0 Å². The van der Waals surface area contributed by atoms with Gasteiger partial charge in [0.1, 0.15) is 11.5 Å². The fraction of sp³-hybridized carbons (Fsp3) is 0.538. The van der Waals surface area contributed by atoms with Gasteiger partial charge in [-0.05, 0) is 32.9 Å². The molecule has 0 aromatic heterocycles. The summed E-state index contributed by atoms with van der Waals surface area (Å²) < 4.78 is 37.4. The van der Waals surface area contributed by atoms with Crippen molar-refractivity contribution < 1.29 is 17.9 Å². The molecule has 0 saturated carbocycles. The number of hydrogen-bond donors (Lipinski definition) is 2. The lowest BCUT2D eigenvalue weighted by molar-refractivity contribution is 0.332. The predicted octanol–water partition coefficient (Wildman–Crippen LogP) is 1.57. The summed E-state index contributed by atoms with van der Waals surface area (Å²) in [6.45, 7) is 6.22. The molecule has 0 aliphatic heterocycles. The number of benzene rings is 1. The van der Waals surface area contributed by atoms with E-state index >= 15 is 0 Å². The summed E-state index contributed by atoms with van der Waals surface area (Å²) in [5, 5.41) is -0.687. The van der Waals surface area contributed by atoms with Crippen LogP contribution in [0.25, 0.3) is 0 Å². The first-order valence-corrected chi connectivity index (χ1v) is 8.10. The van der Waals surface area contributed by atoms with E-state index in [0.717, 1.165) is 0 Å². The largest absolute Gasteiger partial charge is 0.494 e. The molecule has 7 heteroatoms. The summed E-state index contributed by atoms with van der Waals surface area (Å²) >= 11 is 0.